The summed E-state index contributed by atoms with van der Waals surface area (Å²) in [4.78, 5) is 22.6. The first-order chi connectivity index (χ1) is 5.04. The van der Waals surface area contributed by atoms with Gasteiger partial charge in [0.1, 0.15) is 4.05 Å². The number of carbonyl (C=O) groups excluding carboxylic acids is 1. The van der Waals surface area contributed by atoms with Crippen LogP contribution in [0.25, 0.3) is 0 Å². The van der Waals surface area contributed by atoms with Crippen LogP contribution >= 0.6 is 22.6 Å². The number of likely N-dealkylation sites (N-methyl/N-ethyl adjacent to an activating group) is 1. The Labute approximate surface area is 76.9 Å². The molecule has 62 valence electrons. The minimum atomic E-state index is -0.981. The van der Waals surface area contributed by atoms with Crippen molar-refractivity contribution in [2.75, 3.05) is 7.05 Å². The average Bonchev–Trinajstić information content (AvgIpc) is 2.07. The second kappa shape index (κ2) is 2.84. The number of halogens is 1. The van der Waals surface area contributed by atoms with E-state index in [9.17, 15) is 9.59 Å². The molecule has 5 nitrogen and oxygen atoms in total. The van der Waals surface area contributed by atoms with Crippen molar-refractivity contribution < 1.29 is 14.7 Å². The van der Waals surface area contributed by atoms with Crippen molar-refractivity contribution in [2.45, 2.75) is 10.1 Å². The first-order valence-electron chi connectivity index (χ1n) is 2.94. The van der Waals surface area contributed by atoms with Gasteiger partial charge in [-0.15, -0.1) is 0 Å². The largest absolute Gasteiger partial charge is 0.480 e. The third-order valence-corrected chi connectivity index (χ3v) is 2.52. The van der Waals surface area contributed by atoms with E-state index in [-0.39, 0.29) is 10.1 Å². The molecule has 1 heterocycles. The summed E-state index contributed by atoms with van der Waals surface area (Å²) in [6, 6.07) is -1.08. The van der Waals surface area contributed by atoms with Gasteiger partial charge in [0, 0.05) is 7.05 Å². The van der Waals surface area contributed by atoms with E-state index >= 15 is 0 Å². The summed E-state index contributed by atoms with van der Waals surface area (Å²) in [5, 5.41) is 11.1. The Hall–Kier alpha value is -0.530. The highest BCUT2D eigenvalue weighted by Gasteiger charge is 2.40. The predicted octanol–water partition coefficient (Wildman–Crippen LogP) is -0.144. The number of carbonyl (C=O) groups is 2. The van der Waals surface area contributed by atoms with Crippen molar-refractivity contribution in [3.63, 3.8) is 0 Å². The van der Waals surface area contributed by atoms with Crippen LogP contribution in [0.5, 0.6) is 0 Å². The van der Waals surface area contributed by atoms with Crippen LogP contribution in [-0.2, 0) is 4.79 Å². The Morgan fingerprint density at radius 2 is 2.36 bits per heavy atom. The SMILES string of the molecule is CN1C(=O)NC(I)C1C(=O)O. The van der Waals surface area contributed by atoms with Crippen LogP contribution in [0.1, 0.15) is 0 Å². The lowest BCUT2D eigenvalue weighted by Gasteiger charge is -2.14. The summed E-state index contributed by atoms with van der Waals surface area (Å²) in [7, 11) is 1.47. The van der Waals surface area contributed by atoms with Gasteiger partial charge in [0.2, 0.25) is 0 Å². The lowest BCUT2D eigenvalue weighted by Crippen LogP contribution is -2.38. The minimum Gasteiger partial charge on any atom is -0.480 e. The van der Waals surface area contributed by atoms with Gasteiger partial charge in [-0.1, -0.05) is 22.6 Å². The molecular weight excluding hydrogens is 263 g/mol. The van der Waals surface area contributed by atoms with Gasteiger partial charge in [-0.3, -0.25) is 0 Å². The first kappa shape index (κ1) is 8.57. The van der Waals surface area contributed by atoms with E-state index in [0.29, 0.717) is 0 Å². The fourth-order valence-electron chi connectivity index (χ4n) is 0.912. The Kier molecular flexibility index (Phi) is 2.21. The quantitative estimate of drug-likeness (QED) is 0.395. The molecule has 0 saturated carbocycles. The van der Waals surface area contributed by atoms with E-state index < -0.39 is 12.0 Å². The highest BCUT2D eigenvalue weighted by atomic mass is 127. The zero-order valence-electron chi connectivity index (χ0n) is 5.74. The number of rotatable bonds is 1. The van der Waals surface area contributed by atoms with E-state index in [1.807, 2.05) is 22.6 Å². The van der Waals surface area contributed by atoms with E-state index in [0.717, 1.165) is 0 Å². The van der Waals surface area contributed by atoms with Crippen molar-refractivity contribution >= 4 is 34.6 Å². The molecule has 1 rings (SSSR count). The summed E-state index contributed by atoms with van der Waals surface area (Å²) in [6.45, 7) is 0. The molecule has 0 aromatic heterocycles. The van der Waals surface area contributed by atoms with Crippen LogP contribution in [0.4, 0.5) is 4.79 Å². The van der Waals surface area contributed by atoms with E-state index in [4.69, 9.17) is 5.11 Å². The molecule has 6 heteroatoms. The molecule has 1 aliphatic rings. The standard InChI is InChI=1S/C5H7IN2O3/c1-8-2(4(9)10)3(6)7-5(8)11/h2-3H,1H3,(H,7,11)(H,9,10). The van der Waals surface area contributed by atoms with E-state index in [1.54, 1.807) is 0 Å². The molecule has 0 spiro atoms. The third kappa shape index (κ3) is 1.39. The van der Waals surface area contributed by atoms with E-state index in [1.165, 1.54) is 11.9 Å². The highest BCUT2D eigenvalue weighted by molar-refractivity contribution is 14.1. The van der Waals surface area contributed by atoms with Crippen molar-refractivity contribution in [1.29, 1.82) is 0 Å². The number of amides is 2. The second-order valence-electron chi connectivity index (χ2n) is 2.25. The molecule has 2 unspecified atom stereocenters. The minimum absolute atomic E-state index is 0.336. The van der Waals surface area contributed by atoms with Gasteiger partial charge >= 0.3 is 12.0 Å². The maximum atomic E-state index is 10.8. The van der Waals surface area contributed by atoms with Crippen molar-refractivity contribution in [1.82, 2.24) is 10.2 Å². The number of nitrogens with one attached hydrogen (secondary N) is 1. The monoisotopic (exact) mass is 270 g/mol. The normalized spacial score (nSPS) is 30.4. The Balaban J connectivity index is 2.79. The number of nitrogens with zero attached hydrogens (tertiary/aromatic N) is 1. The van der Waals surface area contributed by atoms with Gasteiger partial charge in [0.15, 0.2) is 6.04 Å². The average molecular weight is 270 g/mol. The van der Waals surface area contributed by atoms with Crippen molar-refractivity contribution in [3.05, 3.63) is 0 Å². The van der Waals surface area contributed by atoms with Crippen LogP contribution in [0.3, 0.4) is 0 Å². The van der Waals surface area contributed by atoms with Gasteiger partial charge in [0.05, 0.1) is 0 Å². The molecule has 0 bridgehead atoms. The van der Waals surface area contributed by atoms with Crippen LogP contribution in [0.2, 0.25) is 0 Å². The molecule has 2 amide bonds. The second-order valence-corrected chi connectivity index (χ2v) is 3.59. The topological polar surface area (TPSA) is 69.6 Å². The Morgan fingerprint density at radius 3 is 2.55 bits per heavy atom. The molecule has 11 heavy (non-hydrogen) atoms. The van der Waals surface area contributed by atoms with Crippen molar-refractivity contribution in [2.24, 2.45) is 0 Å². The third-order valence-electron chi connectivity index (χ3n) is 1.53. The van der Waals surface area contributed by atoms with Gasteiger partial charge in [0.25, 0.3) is 0 Å². The summed E-state index contributed by atoms with van der Waals surface area (Å²) < 4.78 is -0.345. The summed E-state index contributed by atoms with van der Waals surface area (Å²) in [6.07, 6.45) is 0. The van der Waals surface area contributed by atoms with Gasteiger partial charge in [-0.05, 0) is 0 Å². The highest BCUT2D eigenvalue weighted by Crippen LogP contribution is 2.16. The number of aliphatic carboxylic acids is 1. The molecule has 2 atom stereocenters. The lowest BCUT2D eigenvalue weighted by atomic mass is 10.3. The smallest absolute Gasteiger partial charge is 0.329 e. The van der Waals surface area contributed by atoms with Gasteiger partial charge in [-0.2, -0.15) is 0 Å². The first-order valence-corrected chi connectivity index (χ1v) is 4.19. The lowest BCUT2D eigenvalue weighted by molar-refractivity contribution is -0.140. The van der Waals surface area contributed by atoms with Gasteiger partial charge in [-0.25, -0.2) is 9.59 Å². The fourth-order valence-corrected chi connectivity index (χ4v) is 1.97. The molecule has 1 saturated heterocycles. The molecule has 0 aliphatic carbocycles. The number of hydrogen-bond donors (Lipinski definition) is 2. The zero-order valence-corrected chi connectivity index (χ0v) is 7.90. The molecule has 1 fully saturated rings. The molecule has 0 aromatic carbocycles. The van der Waals surface area contributed by atoms with Crippen LogP contribution < -0.4 is 5.32 Å². The van der Waals surface area contributed by atoms with Crippen molar-refractivity contribution in [3.8, 4) is 0 Å². The molecule has 1 aliphatic heterocycles. The summed E-state index contributed by atoms with van der Waals surface area (Å²) in [5.74, 6) is -0.981. The number of hydrogen-bond acceptors (Lipinski definition) is 2. The van der Waals surface area contributed by atoms with Crippen LogP contribution in [-0.4, -0.2) is 39.1 Å². The zero-order chi connectivity index (χ0) is 8.59. The maximum Gasteiger partial charge on any atom is 0.329 e. The molecule has 2 N–H and O–H groups in total. The fraction of sp³-hybridized carbons (Fsp3) is 0.600. The predicted molar refractivity (Wildman–Crippen MR) is 45.5 cm³/mol. The van der Waals surface area contributed by atoms with Crippen LogP contribution in [0.15, 0.2) is 0 Å². The molecular formula is C5H7IN2O3. The molecule has 0 aromatic rings. The maximum absolute atomic E-state index is 10.8. The Bertz CT molecular complexity index is 208. The number of carboxylic acid groups (broad SMARTS) is 1. The molecule has 0 radical (unpaired) electrons. The van der Waals surface area contributed by atoms with E-state index in [2.05, 4.69) is 5.32 Å². The number of carboxylic acids is 1. The number of urea groups is 1. The Morgan fingerprint density at radius 1 is 1.82 bits per heavy atom. The number of alkyl halides is 1. The summed E-state index contributed by atoms with van der Waals surface area (Å²) in [5.41, 5.74) is 0. The van der Waals surface area contributed by atoms with Crippen LogP contribution in [0, 0.1) is 0 Å². The summed E-state index contributed by atoms with van der Waals surface area (Å²) >= 11 is 1.89. The van der Waals surface area contributed by atoms with Gasteiger partial charge < -0.3 is 15.3 Å².